The molecule has 1 unspecified atom stereocenters. The van der Waals surface area contributed by atoms with Gasteiger partial charge in [-0.2, -0.15) is 0 Å². The lowest BCUT2D eigenvalue weighted by molar-refractivity contribution is -0.142. The smallest absolute Gasteiger partial charge is 0.310 e. The van der Waals surface area contributed by atoms with Crippen LogP contribution in [-0.2, 0) is 25.5 Å². The van der Waals surface area contributed by atoms with E-state index in [1.54, 1.807) is 73.9 Å². The summed E-state index contributed by atoms with van der Waals surface area (Å²) in [5, 5.41) is 11.4. The van der Waals surface area contributed by atoms with Crippen LogP contribution in [0.25, 0.3) is 5.76 Å². The minimum absolute atomic E-state index is 0.0297. The largest absolute Gasteiger partial charge is 0.507 e. The molecule has 5 rings (SSSR count). The standard InChI is InChI=1S/C29H27N3O6/c1-3-37-24(33)15-18-6-9-21(10-7-18)32-26(20-5-4-12-30-17-20)25(28(35)29(32)36)27(34)19-8-11-23-22(16-19)31(2)13-14-38-23/h4-12,16-17,26,34H,3,13-15H2,1-2H3/b27-25-. The molecule has 0 aliphatic carbocycles. The predicted molar refractivity (Wildman–Crippen MR) is 141 cm³/mol. The average Bonchev–Trinajstić information content (AvgIpc) is 3.19. The lowest BCUT2D eigenvalue weighted by atomic mass is 9.95. The van der Waals surface area contributed by atoms with Crippen LogP contribution in [0.1, 0.15) is 29.7 Å². The van der Waals surface area contributed by atoms with Crippen LogP contribution in [0.15, 0.2) is 72.6 Å². The van der Waals surface area contributed by atoms with Gasteiger partial charge >= 0.3 is 5.97 Å². The molecule has 1 saturated heterocycles. The van der Waals surface area contributed by atoms with Gasteiger partial charge in [-0.15, -0.1) is 0 Å². The number of aromatic nitrogens is 1. The molecule has 1 aromatic heterocycles. The molecule has 1 atom stereocenters. The molecule has 0 bridgehead atoms. The summed E-state index contributed by atoms with van der Waals surface area (Å²) >= 11 is 0. The highest BCUT2D eigenvalue weighted by Gasteiger charge is 2.47. The van der Waals surface area contributed by atoms with Crippen LogP contribution in [-0.4, -0.2) is 54.6 Å². The summed E-state index contributed by atoms with van der Waals surface area (Å²) in [6.07, 6.45) is 3.26. The summed E-state index contributed by atoms with van der Waals surface area (Å²) in [5.41, 5.74) is 2.89. The Morgan fingerprint density at radius 2 is 1.95 bits per heavy atom. The maximum Gasteiger partial charge on any atom is 0.310 e. The highest BCUT2D eigenvalue weighted by atomic mass is 16.5. The Balaban J connectivity index is 1.58. The molecule has 3 heterocycles. The second kappa shape index (κ2) is 10.4. The fourth-order valence-electron chi connectivity index (χ4n) is 4.76. The van der Waals surface area contributed by atoms with Crippen molar-refractivity contribution in [3.8, 4) is 5.75 Å². The van der Waals surface area contributed by atoms with E-state index in [2.05, 4.69) is 4.98 Å². The fourth-order valence-corrected chi connectivity index (χ4v) is 4.76. The van der Waals surface area contributed by atoms with Gasteiger partial charge in [-0.1, -0.05) is 18.2 Å². The molecule has 1 fully saturated rings. The average molecular weight is 514 g/mol. The van der Waals surface area contributed by atoms with Crippen molar-refractivity contribution in [1.82, 2.24) is 4.98 Å². The Morgan fingerprint density at radius 1 is 1.16 bits per heavy atom. The van der Waals surface area contributed by atoms with Gasteiger partial charge < -0.3 is 19.5 Å². The number of nitrogens with zero attached hydrogens (tertiary/aromatic N) is 3. The molecule has 2 aliphatic rings. The molecule has 0 saturated carbocycles. The van der Waals surface area contributed by atoms with Crippen LogP contribution in [0.3, 0.4) is 0 Å². The van der Waals surface area contributed by atoms with Gasteiger partial charge in [-0.25, -0.2) is 0 Å². The van der Waals surface area contributed by atoms with E-state index in [9.17, 15) is 19.5 Å². The van der Waals surface area contributed by atoms with Gasteiger partial charge in [0.25, 0.3) is 11.7 Å². The van der Waals surface area contributed by atoms with E-state index >= 15 is 0 Å². The first-order valence-corrected chi connectivity index (χ1v) is 12.3. The van der Waals surface area contributed by atoms with Crippen LogP contribution in [0.4, 0.5) is 11.4 Å². The van der Waals surface area contributed by atoms with E-state index in [1.165, 1.54) is 4.90 Å². The zero-order valence-corrected chi connectivity index (χ0v) is 21.1. The Labute approximate surface area is 219 Å². The van der Waals surface area contributed by atoms with Crippen molar-refractivity contribution < 1.29 is 29.0 Å². The Kier molecular flexibility index (Phi) is 6.83. The molecule has 0 spiro atoms. The van der Waals surface area contributed by atoms with Crippen LogP contribution in [0.2, 0.25) is 0 Å². The molecule has 9 heteroatoms. The maximum atomic E-state index is 13.4. The Bertz CT molecular complexity index is 1420. The first-order valence-electron chi connectivity index (χ1n) is 12.3. The number of amides is 1. The van der Waals surface area contributed by atoms with Crippen LogP contribution in [0, 0.1) is 0 Å². The number of ether oxygens (including phenoxy) is 2. The molecule has 0 radical (unpaired) electrons. The molecular weight excluding hydrogens is 486 g/mol. The number of anilines is 2. The summed E-state index contributed by atoms with van der Waals surface area (Å²) in [4.78, 5) is 46.2. The lowest BCUT2D eigenvalue weighted by Gasteiger charge is -2.28. The first kappa shape index (κ1) is 25.0. The van der Waals surface area contributed by atoms with E-state index in [0.717, 1.165) is 5.69 Å². The number of rotatable bonds is 6. The number of hydrogen-bond acceptors (Lipinski definition) is 8. The second-order valence-corrected chi connectivity index (χ2v) is 9.06. The highest BCUT2D eigenvalue weighted by molar-refractivity contribution is 6.51. The van der Waals surface area contributed by atoms with Crippen molar-refractivity contribution in [3.63, 3.8) is 0 Å². The number of pyridine rings is 1. The van der Waals surface area contributed by atoms with Gasteiger partial charge in [0.15, 0.2) is 0 Å². The first-order chi connectivity index (χ1) is 18.4. The van der Waals surface area contributed by atoms with Gasteiger partial charge in [0, 0.05) is 30.7 Å². The van der Waals surface area contributed by atoms with Crippen molar-refractivity contribution in [2.75, 3.05) is 36.6 Å². The number of carbonyl (C=O) groups excluding carboxylic acids is 3. The SMILES string of the molecule is CCOC(=O)Cc1ccc(N2C(=O)C(=O)/C(=C(\O)c3ccc4c(c3)N(C)CCO4)C2c2cccnc2)cc1. The summed E-state index contributed by atoms with van der Waals surface area (Å²) in [6, 6.07) is 14.5. The maximum absolute atomic E-state index is 13.4. The van der Waals surface area contributed by atoms with Gasteiger partial charge in [0.1, 0.15) is 18.1 Å². The van der Waals surface area contributed by atoms with Crippen LogP contribution in [0.5, 0.6) is 5.75 Å². The number of aliphatic hydroxyl groups excluding tert-OH is 1. The molecule has 1 amide bonds. The van der Waals surface area contributed by atoms with Crippen molar-refractivity contribution in [2.24, 2.45) is 0 Å². The van der Waals surface area contributed by atoms with Crippen molar-refractivity contribution in [1.29, 1.82) is 0 Å². The monoisotopic (exact) mass is 513 g/mol. The normalized spacial score (nSPS) is 18.2. The second-order valence-electron chi connectivity index (χ2n) is 9.06. The molecule has 9 nitrogen and oxygen atoms in total. The molecule has 1 N–H and O–H groups in total. The third-order valence-electron chi connectivity index (χ3n) is 6.64. The minimum Gasteiger partial charge on any atom is -0.507 e. The summed E-state index contributed by atoms with van der Waals surface area (Å²) < 4.78 is 10.7. The van der Waals surface area contributed by atoms with E-state index in [1.807, 2.05) is 11.9 Å². The van der Waals surface area contributed by atoms with Gasteiger partial charge in [-0.05, 0) is 54.4 Å². The Morgan fingerprint density at radius 3 is 2.66 bits per heavy atom. The van der Waals surface area contributed by atoms with Crippen molar-refractivity contribution in [2.45, 2.75) is 19.4 Å². The molecular formula is C29H27N3O6. The minimum atomic E-state index is -0.899. The number of fused-ring (bicyclic) bond motifs is 1. The molecule has 194 valence electrons. The quantitative estimate of drug-likeness (QED) is 0.230. The number of ketones is 1. The molecule has 2 aromatic carbocycles. The van der Waals surface area contributed by atoms with Crippen LogP contribution < -0.4 is 14.5 Å². The van der Waals surface area contributed by atoms with Crippen LogP contribution >= 0.6 is 0 Å². The predicted octanol–water partition coefficient (Wildman–Crippen LogP) is 3.64. The number of benzene rings is 2. The van der Waals surface area contributed by atoms with Gasteiger partial charge in [0.2, 0.25) is 0 Å². The molecule has 38 heavy (non-hydrogen) atoms. The zero-order valence-electron chi connectivity index (χ0n) is 21.1. The van der Waals surface area contributed by atoms with E-state index in [0.29, 0.717) is 47.9 Å². The summed E-state index contributed by atoms with van der Waals surface area (Å²) in [6.45, 7) is 3.27. The number of Topliss-reactive ketones (excluding diaryl/α,β-unsaturated/α-hetero) is 1. The zero-order chi connectivity index (χ0) is 26.8. The Hall–Kier alpha value is -4.66. The van der Waals surface area contributed by atoms with Gasteiger partial charge in [0.05, 0.1) is 36.9 Å². The highest BCUT2D eigenvalue weighted by Crippen LogP contribution is 2.43. The number of esters is 1. The topological polar surface area (TPSA) is 109 Å². The van der Waals surface area contributed by atoms with Crippen molar-refractivity contribution in [3.05, 3.63) is 89.3 Å². The third-order valence-corrected chi connectivity index (χ3v) is 6.64. The summed E-state index contributed by atoms with van der Waals surface area (Å²) in [5.74, 6) is -1.51. The molecule has 3 aromatic rings. The molecule has 2 aliphatic heterocycles. The number of hydrogen-bond donors (Lipinski definition) is 1. The number of aliphatic hydroxyl groups is 1. The number of likely N-dealkylation sites (N-methyl/N-ethyl adjacent to an activating group) is 1. The fraction of sp³-hybridized carbons (Fsp3) is 0.241. The number of carbonyl (C=O) groups is 3. The lowest BCUT2D eigenvalue weighted by Crippen LogP contribution is -2.29. The van der Waals surface area contributed by atoms with Crippen molar-refractivity contribution >= 4 is 34.8 Å². The van der Waals surface area contributed by atoms with E-state index < -0.39 is 17.7 Å². The van der Waals surface area contributed by atoms with Gasteiger partial charge in [-0.3, -0.25) is 24.3 Å². The van der Waals surface area contributed by atoms with E-state index in [4.69, 9.17) is 9.47 Å². The van der Waals surface area contributed by atoms with E-state index in [-0.39, 0.29) is 23.7 Å². The third kappa shape index (κ3) is 4.58. The summed E-state index contributed by atoms with van der Waals surface area (Å²) in [7, 11) is 1.92.